The highest BCUT2D eigenvalue weighted by molar-refractivity contribution is 8.00. The Hall–Kier alpha value is -0.670. The highest BCUT2D eigenvalue weighted by atomic mass is 32.2. The first-order valence-electron chi connectivity index (χ1n) is 6.20. The number of nitrogens with one attached hydrogen (secondary N) is 1. The minimum absolute atomic E-state index is 0.148. The molecule has 2 rings (SSSR count). The second kappa shape index (κ2) is 5.32. The van der Waals surface area contributed by atoms with Crippen LogP contribution in [0, 0.1) is 0 Å². The molecule has 1 aliphatic heterocycles. The summed E-state index contributed by atoms with van der Waals surface area (Å²) in [6, 6.07) is 8.95. The zero-order valence-electron chi connectivity index (χ0n) is 10.8. The molecule has 0 saturated carbocycles. The Labute approximate surface area is 108 Å². The van der Waals surface area contributed by atoms with Crippen molar-refractivity contribution in [1.82, 2.24) is 5.32 Å². The lowest BCUT2D eigenvalue weighted by molar-refractivity contribution is 0.400. The fraction of sp³-hybridized carbons (Fsp3) is 0.571. The van der Waals surface area contributed by atoms with Gasteiger partial charge in [0.1, 0.15) is 5.75 Å². The van der Waals surface area contributed by atoms with Crippen molar-refractivity contribution >= 4 is 11.8 Å². The summed E-state index contributed by atoms with van der Waals surface area (Å²) in [4.78, 5) is 0.148. The lowest BCUT2D eigenvalue weighted by Gasteiger charge is -2.25. The molecule has 2 unspecified atom stereocenters. The minimum atomic E-state index is 0.148. The van der Waals surface area contributed by atoms with Crippen molar-refractivity contribution < 1.29 is 4.74 Å². The molecule has 1 saturated heterocycles. The second-order valence-electron chi connectivity index (χ2n) is 4.78. The van der Waals surface area contributed by atoms with Crippen LogP contribution >= 0.6 is 11.8 Å². The van der Waals surface area contributed by atoms with Gasteiger partial charge in [0.05, 0.1) is 12.0 Å². The summed E-state index contributed by atoms with van der Waals surface area (Å²) < 4.78 is 5.42. The number of thioether (sulfide) groups is 1. The largest absolute Gasteiger partial charge is 0.496 e. The van der Waals surface area contributed by atoms with Crippen LogP contribution in [0.15, 0.2) is 24.3 Å². The van der Waals surface area contributed by atoms with Crippen LogP contribution in [0.25, 0.3) is 0 Å². The predicted molar refractivity (Wildman–Crippen MR) is 74.8 cm³/mol. The van der Waals surface area contributed by atoms with E-state index in [2.05, 4.69) is 31.3 Å². The van der Waals surface area contributed by atoms with E-state index >= 15 is 0 Å². The van der Waals surface area contributed by atoms with Crippen molar-refractivity contribution in [3.8, 4) is 5.75 Å². The van der Waals surface area contributed by atoms with Crippen molar-refractivity contribution in [3.63, 3.8) is 0 Å². The molecule has 0 aromatic heterocycles. The standard InChI is InChI=1S/C14H21NOS/c1-4-12-10-17-14(2,15-12)9-11-7-5-6-8-13(11)16-3/h5-8,12,15H,4,9-10H2,1-3H3. The Morgan fingerprint density at radius 2 is 2.24 bits per heavy atom. The van der Waals surface area contributed by atoms with Crippen molar-refractivity contribution in [3.05, 3.63) is 29.8 Å². The van der Waals surface area contributed by atoms with Crippen LogP contribution in [-0.4, -0.2) is 23.8 Å². The molecule has 1 heterocycles. The number of benzene rings is 1. The Kier molecular flexibility index (Phi) is 4.00. The van der Waals surface area contributed by atoms with Gasteiger partial charge in [-0.2, -0.15) is 0 Å². The van der Waals surface area contributed by atoms with Crippen LogP contribution in [0.4, 0.5) is 0 Å². The third-order valence-corrected chi connectivity index (χ3v) is 4.79. The molecule has 1 aromatic carbocycles. The SMILES string of the molecule is CCC1CSC(C)(Cc2ccccc2OC)N1. The predicted octanol–water partition coefficient (Wildman–Crippen LogP) is 3.07. The van der Waals surface area contributed by atoms with Crippen molar-refractivity contribution in [1.29, 1.82) is 0 Å². The Morgan fingerprint density at radius 3 is 2.88 bits per heavy atom. The molecule has 0 amide bonds. The van der Waals surface area contributed by atoms with E-state index < -0.39 is 0 Å². The molecule has 1 fully saturated rings. The maximum atomic E-state index is 5.42. The van der Waals surface area contributed by atoms with Gasteiger partial charge in [-0.05, 0) is 25.0 Å². The normalized spacial score (nSPS) is 28.3. The van der Waals surface area contributed by atoms with Crippen LogP contribution in [-0.2, 0) is 6.42 Å². The van der Waals surface area contributed by atoms with Crippen LogP contribution in [0.1, 0.15) is 25.8 Å². The summed E-state index contributed by atoms with van der Waals surface area (Å²) in [5.74, 6) is 2.21. The molecule has 0 radical (unpaired) electrons. The van der Waals surface area contributed by atoms with E-state index in [9.17, 15) is 0 Å². The quantitative estimate of drug-likeness (QED) is 0.888. The first-order valence-corrected chi connectivity index (χ1v) is 7.19. The molecule has 2 nitrogen and oxygen atoms in total. The number of para-hydroxylation sites is 1. The van der Waals surface area contributed by atoms with Gasteiger partial charge < -0.3 is 4.74 Å². The minimum Gasteiger partial charge on any atom is -0.496 e. The summed E-state index contributed by atoms with van der Waals surface area (Å²) in [6.45, 7) is 4.53. The molecule has 0 aliphatic carbocycles. The van der Waals surface area contributed by atoms with Gasteiger partial charge >= 0.3 is 0 Å². The van der Waals surface area contributed by atoms with Gasteiger partial charge in [0, 0.05) is 18.2 Å². The summed E-state index contributed by atoms with van der Waals surface area (Å²) in [5.41, 5.74) is 1.29. The van der Waals surface area contributed by atoms with E-state index in [1.165, 1.54) is 17.7 Å². The zero-order valence-corrected chi connectivity index (χ0v) is 11.6. The lowest BCUT2D eigenvalue weighted by Crippen LogP contribution is -2.40. The fourth-order valence-corrected chi connectivity index (χ4v) is 3.73. The summed E-state index contributed by atoms with van der Waals surface area (Å²) in [6.07, 6.45) is 2.21. The molecule has 0 spiro atoms. The number of methoxy groups -OCH3 is 1. The smallest absolute Gasteiger partial charge is 0.122 e. The molecule has 1 aromatic rings. The van der Waals surface area contributed by atoms with E-state index in [0.29, 0.717) is 6.04 Å². The Bertz CT molecular complexity index is 382. The summed E-state index contributed by atoms with van der Waals surface area (Å²) >= 11 is 2.02. The van der Waals surface area contributed by atoms with Crippen molar-refractivity contribution in [2.45, 2.75) is 37.6 Å². The van der Waals surface area contributed by atoms with Gasteiger partial charge in [-0.15, -0.1) is 11.8 Å². The third-order valence-electron chi connectivity index (χ3n) is 3.33. The highest BCUT2D eigenvalue weighted by Crippen LogP contribution is 2.35. The van der Waals surface area contributed by atoms with Gasteiger partial charge in [-0.1, -0.05) is 25.1 Å². The third kappa shape index (κ3) is 2.96. The Morgan fingerprint density at radius 1 is 1.47 bits per heavy atom. The van der Waals surface area contributed by atoms with Gasteiger partial charge in [0.15, 0.2) is 0 Å². The molecule has 0 bridgehead atoms. The first kappa shape index (κ1) is 12.8. The number of ether oxygens (including phenoxy) is 1. The maximum Gasteiger partial charge on any atom is 0.122 e. The van der Waals surface area contributed by atoms with Crippen molar-refractivity contribution in [2.75, 3.05) is 12.9 Å². The van der Waals surface area contributed by atoms with E-state index in [-0.39, 0.29) is 4.87 Å². The van der Waals surface area contributed by atoms with Gasteiger partial charge in [0.25, 0.3) is 0 Å². The lowest BCUT2D eigenvalue weighted by atomic mass is 10.0. The average Bonchev–Trinajstić information content (AvgIpc) is 2.72. The molecule has 94 valence electrons. The zero-order chi connectivity index (χ0) is 12.3. The second-order valence-corrected chi connectivity index (χ2v) is 6.30. The summed E-state index contributed by atoms with van der Waals surface area (Å²) in [5, 5.41) is 3.72. The Balaban J connectivity index is 2.10. The average molecular weight is 251 g/mol. The van der Waals surface area contributed by atoms with Crippen LogP contribution in [0.5, 0.6) is 5.75 Å². The number of hydrogen-bond acceptors (Lipinski definition) is 3. The van der Waals surface area contributed by atoms with E-state index in [1.54, 1.807) is 7.11 Å². The molecule has 17 heavy (non-hydrogen) atoms. The van der Waals surface area contributed by atoms with Crippen LogP contribution in [0.2, 0.25) is 0 Å². The molecule has 1 aliphatic rings. The van der Waals surface area contributed by atoms with E-state index in [4.69, 9.17) is 4.74 Å². The molecule has 2 atom stereocenters. The topological polar surface area (TPSA) is 21.3 Å². The first-order chi connectivity index (χ1) is 8.17. The van der Waals surface area contributed by atoms with Crippen molar-refractivity contribution in [2.24, 2.45) is 0 Å². The van der Waals surface area contributed by atoms with Gasteiger partial charge in [0.2, 0.25) is 0 Å². The van der Waals surface area contributed by atoms with Crippen LogP contribution < -0.4 is 10.1 Å². The molecular weight excluding hydrogens is 230 g/mol. The number of hydrogen-bond donors (Lipinski definition) is 1. The highest BCUT2D eigenvalue weighted by Gasteiger charge is 2.34. The fourth-order valence-electron chi connectivity index (χ4n) is 2.33. The molecule has 3 heteroatoms. The van der Waals surface area contributed by atoms with Gasteiger partial charge in [-0.3, -0.25) is 5.32 Å². The summed E-state index contributed by atoms with van der Waals surface area (Å²) in [7, 11) is 1.74. The van der Waals surface area contributed by atoms with E-state index in [0.717, 1.165) is 12.2 Å². The van der Waals surface area contributed by atoms with E-state index in [1.807, 2.05) is 23.9 Å². The van der Waals surface area contributed by atoms with Gasteiger partial charge in [-0.25, -0.2) is 0 Å². The molecule has 1 N–H and O–H groups in total. The maximum absolute atomic E-state index is 5.42. The monoisotopic (exact) mass is 251 g/mol. The van der Waals surface area contributed by atoms with Crippen LogP contribution in [0.3, 0.4) is 0 Å². The molecular formula is C14H21NOS. The number of rotatable bonds is 4.